The fourth-order valence-corrected chi connectivity index (χ4v) is 2.07. The van der Waals surface area contributed by atoms with Crippen LogP contribution in [0.2, 0.25) is 0 Å². The van der Waals surface area contributed by atoms with Crippen molar-refractivity contribution in [3.8, 4) is 5.75 Å². The molecule has 0 aliphatic carbocycles. The molecule has 1 aromatic heterocycles. The molecular weight excluding hydrogens is 270 g/mol. The molecule has 1 aliphatic rings. The number of ether oxygens (including phenoxy) is 2. The van der Waals surface area contributed by atoms with Gasteiger partial charge >= 0.3 is 6.09 Å². The molecular formula is C15H23N3O3. The van der Waals surface area contributed by atoms with Crippen LogP contribution in [0.15, 0.2) is 18.5 Å². The predicted octanol–water partition coefficient (Wildman–Crippen LogP) is 1.93. The Morgan fingerprint density at radius 1 is 1.52 bits per heavy atom. The molecule has 2 rings (SSSR count). The molecule has 21 heavy (non-hydrogen) atoms. The Bertz CT molecular complexity index is 499. The predicted molar refractivity (Wildman–Crippen MR) is 79.0 cm³/mol. The van der Waals surface area contributed by atoms with Gasteiger partial charge in [0.1, 0.15) is 18.0 Å². The molecule has 1 atom stereocenters. The van der Waals surface area contributed by atoms with E-state index in [4.69, 9.17) is 15.2 Å². The van der Waals surface area contributed by atoms with Crippen molar-refractivity contribution in [3.63, 3.8) is 0 Å². The van der Waals surface area contributed by atoms with Crippen LogP contribution in [-0.2, 0) is 11.3 Å². The highest BCUT2D eigenvalue weighted by molar-refractivity contribution is 5.69. The molecule has 1 amide bonds. The minimum Gasteiger partial charge on any atom is -0.489 e. The maximum Gasteiger partial charge on any atom is 0.410 e. The lowest BCUT2D eigenvalue weighted by molar-refractivity contribution is -0.0142. The molecule has 0 spiro atoms. The molecule has 0 bridgehead atoms. The van der Waals surface area contributed by atoms with Gasteiger partial charge < -0.3 is 20.1 Å². The first kappa shape index (κ1) is 15.6. The van der Waals surface area contributed by atoms with Crippen molar-refractivity contribution in [1.82, 2.24) is 9.88 Å². The van der Waals surface area contributed by atoms with Crippen molar-refractivity contribution in [2.75, 3.05) is 13.2 Å². The van der Waals surface area contributed by atoms with Crippen molar-refractivity contribution >= 4 is 6.09 Å². The van der Waals surface area contributed by atoms with Crippen molar-refractivity contribution in [2.24, 2.45) is 5.73 Å². The molecule has 1 fully saturated rings. The van der Waals surface area contributed by atoms with E-state index in [1.807, 2.05) is 26.8 Å². The van der Waals surface area contributed by atoms with E-state index in [0.717, 1.165) is 12.0 Å². The fraction of sp³-hybridized carbons (Fsp3) is 0.600. The van der Waals surface area contributed by atoms with Crippen LogP contribution in [0.3, 0.4) is 0 Å². The SMILES string of the molecule is CC(C)(C)OC(=O)N1CC[C@@H]1COc1cnccc1CN. The summed E-state index contributed by atoms with van der Waals surface area (Å²) in [6.07, 6.45) is 3.97. The Morgan fingerprint density at radius 2 is 2.29 bits per heavy atom. The number of aromatic nitrogens is 1. The van der Waals surface area contributed by atoms with Crippen LogP contribution >= 0.6 is 0 Å². The third kappa shape index (κ3) is 4.07. The third-order valence-corrected chi connectivity index (χ3v) is 3.29. The summed E-state index contributed by atoms with van der Waals surface area (Å²) in [5.74, 6) is 0.677. The largest absolute Gasteiger partial charge is 0.489 e. The van der Waals surface area contributed by atoms with E-state index in [2.05, 4.69) is 4.98 Å². The van der Waals surface area contributed by atoms with Crippen LogP contribution in [0.1, 0.15) is 32.8 Å². The Balaban J connectivity index is 1.88. The summed E-state index contributed by atoms with van der Waals surface area (Å²) >= 11 is 0. The monoisotopic (exact) mass is 293 g/mol. The number of nitrogens with two attached hydrogens (primary N) is 1. The van der Waals surface area contributed by atoms with Gasteiger partial charge in [-0.15, -0.1) is 0 Å². The maximum absolute atomic E-state index is 12.0. The van der Waals surface area contributed by atoms with Gasteiger partial charge in [0, 0.05) is 24.8 Å². The molecule has 6 nitrogen and oxygen atoms in total. The van der Waals surface area contributed by atoms with E-state index in [1.165, 1.54) is 0 Å². The average Bonchev–Trinajstić information content (AvgIpc) is 2.35. The summed E-state index contributed by atoms with van der Waals surface area (Å²) in [5.41, 5.74) is 6.09. The van der Waals surface area contributed by atoms with Gasteiger partial charge in [-0.05, 0) is 33.3 Å². The number of carbonyl (C=O) groups excluding carboxylic acids is 1. The zero-order valence-corrected chi connectivity index (χ0v) is 12.8. The summed E-state index contributed by atoms with van der Waals surface area (Å²) in [5, 5.41) is 0. The minimum atomic E-state index is -0.478. The summed E-state index contributed by atoms with van der Waals surface area (Å²) in [4.78, 5) is 17.7. The molecule has 2 heterocycles. The number of likely N-dealkylation sites (tertiary alicyclic amines) is 1. The summed E-state index contributed by atoms with van der Waals surface area (Å²) in [7, 11) is 0. The summed E-state index contributed by atoms with van der Waals surface area (Å²) < 4.78 is 11.1. The topological polar surface area (TPSA) is 77.7 Å². The molecule has 6 heteroatoms. The second-order valence-corrected chi connectivity index (χ2v) is 6.11. The molecule has 0 saturated carbocycles. The van der Waals surface area contributed by atoms with E-state index >= 15 is 0 Å². The number of pyridine rings is 1. The van der Waals surface area contributed by atoms with Gasteiger partial charge in [-0.25, -0.2) is 4.79 Å². The molecule has 116 valence electrons. The number of amides is 1. The molecule has 1 saturated heterocycles. The van der Waals surface area contributed by atoms with Gasteiger partial charge in [0.15, 0.2) is 0 Å². The van der Waals surface area contributed by atoms with Crippen LogP contribution in [0.5, 0.6) is 5.75 Å². The van der Waals surface area contributed by atoms with Crippen LogP contribution in [0.25, 0.3) is 0 Å². The standard InChI is InChI=1S/C15H23N3O3/c1-15(2,3)21-14(19)18-7-5-12(18)10-20-13-9-17-6-4-11(13)8-16/h4,6,9,12H,5,7-8,10,16H2,1-3H3/t12-/m1/s1. The lowest BCUT2D eigenvalue weighted by atomic mass is 10.1. The fourth-order valence-electron chi connectivity index (χ4n) is 2.07. The number of rotatable bonds is 4. The molecule has 2 N–H and O–H groups in total. The van der Waals surface area contributed by atoms with Gasteiger partial charge in [0.25, 0.3) is 0 Å². The first-order chi connectivity index (χ1) is 9.90. The van der Waals surface area contributed by atoms with E-state index in [0.29, 0.717) is 25.4 Å². The van der Waals surface area contributed by atoms with Crippen molar-refractivity contribution < 1.29 is 14.3 Å². The minimum absolute atomic E-state index is 0.0469. The van der Waals surface area contributed by atoms with Gasteiger partial charge in [0.2, 0.25) is 0 Å². The van der Waals surface area contributed by atoms with Crippen molar-refractivity contribution in [1.29, 1.82) is 0 Å². The lowest BCUT2D eigenvalue weighted by Crippen LogP contribution is -2.55. The quantitative estimate of drug-likeness (QED) is 0.917. The Hall–Kier alpha value is -1.82. The molecule has 1 aliphatic heterocycles. The van der Waals surface area contributed by atoms with Gasteiger partial charge in [-0.3, -0.25) is 4.98 Å². The Morgan fingerprint density at radius 3 is 2.86 bits per heavy atom. The van der Waals surface area contributed by atoms with Crippen LogP contribution < -0.4 is 10.5 Å². The van der Waals surface area contributed by atoms with Crippen molar-refractivity contribution in [2.45, 2.75) is 45.4 Å². The highest BCUT2D eigenvalue weighted by Crippen LogP contribution is 2.23. The first-order valence-electron chi connectivity index (χ1n) is 7.16. The normalized spacial score (nSPS) is 18.1. The van der Waals surface area contributed by atoms with Gasteiger partial charge in [0.05, 0.1) is 12.2 Å². The number of nitrogens with zero attached hydrogens (tertiary/aromatic N) is 2. The molecule has 0 radical (unpaired) electrons. The second kappa shape index (κ2) is 6.30. The van der Waals surface area contributed by atoms with E-state index in [9.17, 15) is 4.79 Å². The molecule has 0 aromatic carbocycles. The number of carbonyl (C=O) groups is 1. The molecule has 0 unspecified atom stereocenters. The molecule has 1 aromatic rings. The summed E-state index contributed by atoms with van der Waals surface area (Å²) in [6.45, 7) is 7.12. The Kier molecular flexibility index (Phi) is 4.67. The summed E-state index contributed by atoms with van der Waals surface area (Å²) in [6, 6.07) is 1.88. The van der Waals surface area contributed by atoms with E-state index < -0.39 is 5.60 Å². The zero-order chi connectivity index (χ0) is 15.5. The van der Waals surface area contributed by atoms with Crippen molar-refractivity contribution in [3.05, 3.63) is 24.0 Å². The van der Waals surface area contributed by atoms with Crippen LogP contribution in [0.4, 0.5) is 4.79 Å². The van der Waals surface area contributed by atoms with E-state index in [1.54, 1.807) is 17.3 Å². The number of hydrogen-bond donors (Lipinski definition) is 1. The second-order valence-electron chi connectivity index (χ2n) is 6.11. The third-order valence-electron chi connectivity index (χ3n) is 3.29. The average molecular weight is 293 g/mol. The zero-order valence-electron chi connectivity index (χ0n) is 12.8. The van der Waals surface area contributed by atoms with Gasteiger partial charge in [-0.1, -0.05) is 0 Å². The highest BCUT2D eigenvalue weighted by atomic mass is 16.6. The highest BCUT2D eigenvalue weighted by Gasteiger charge is 2.35. The smallest absolute Gasteiger partial charge is 0.410 e. The first-order valence-corrected chi connectivity index (χ1v) is 7.16. The maximum atomic E-state index is 12.0. The van der Waals surface area contributed by atoms with E-state index in [-0.39, 0.29) is 12.1 Å². The van der Waals surface area contributed by atoms with Gasteiger partial charge in [-0.2, -0.15) is 0 Å². The Labute approximate surface area is 125 Å². The van der Waals surface area contributed by atoms with Crippen LogP contribution in [-0.4, -0.2) is 40.8 Å². The number of hydrogen-bond acceptors (Lipinski definition) is 5. The van der Waals surface area contributed by atoms with Crippen LogP contribution in [0, 0.1) is 0 Å². The lowest BCUT2D eigenvalue weighted by Gasteiger charge is -2.41.